The van der Waals surface area contributed by atoms with E-state index in [1.807, 2.05) is 44.2 Å². The number of rotatable bonds is 9. The Morgan fingerprint density at radius 1 is 1.17 bits per heavy atom. The van der Waals surface area contributed by atoms with Crippen molar-refractivity contribution in [1.29, 1.82) is 0 Å². The molecule has 1 amide bonds. The minimum Gasteiger partial charge on any atom is -0.379 e. The van der Waals surface area contributed by atoms with E-state index in [0.29, 0.717) is 0 Å². The maximum absolute atomic E-state index is 12.3. The molecule has 0 saturated carbocycles. The van der Waals surface area contributed by atoms with Gasteiger partial charge in [-0.05, 0) is 23.6 Å². The molecule has 0 aliphatic rings. The standard InChI is InChI=1S/C19H24N4O5S/c1-13(2)19(14-6-4-3-5-7-14)22-18(24)10-11-21-16-9-8-15(29(20,27)28)12-17(16)23(25)26/h3-9,12-13,19,21H,10-11H2,1-2H3,(H,22,24)(H2,20,27,28). The summed E-state index contributed by atoms with van der Waals surface area (Å²) in [6, 6.07) is 12.8. The molecule has 0 aliphatic carbocycles. The molecule has 0 radical (unpaired) electrons. The zero-order valence-electron chi connectivity index (χ0n) is 16.2. The summed E-state index contributed by atoms with van der Waals surface area (Å²) < 4.78 is 22.8. The number of nitro benzene ring substituents is 1. The molecule has 156 valence electrons. The predicted octanol–water partition coefficient (Wildman–Crippen LogP) is 2.56. The maximum atomic E-state index is 12.3. The number of primary sulfonamides is 1. The molecule has 10 heteroatoms. The molecule has 1 unspecified atom stereocenters. The predicted molar refractivity (Wildman–Crippen MR) is 110 cm³/mol. The quantitative estimate of drug-likeness (QED) is 0.420. The molecule has 29 heavy (non-hydrogen) atoms. The number of benzene rings is 2. The summed E-state index contributed by atoms with van der Waals surface area (Å²) in [7, 11) is -4.05. The van der Waals surface area contributed by atoms with Crippen LogP contribution in [0.4, 0.5) is 11.4 Å². The van der Waals surface area contributed by atoms with Crippen molar-refractivity contribution >= 4 is 27.3 Å². The molecule has 1 atom stereocenters. The average Bonchev–Trinajstić information content (AvgIpc) is 2.65. The van der Waals surface area contributed by atoms with Crippen LogP contribution in [0, 0.1) is 16.0 Å². The summed E-state index contributed by atoms with van der Waals surface area (Å²) in [5.41, 5.74) is 0.679. The van der Waals surface area contributed by atoms with E-state index < -0.39 is 20.6 Å². The number of sulfonamides is 1. The number of hydrogen-bond donors (Lipinski definition) is 3. The van der Waals surface area contributed by atoms with Crippen molar-refractivity contribution in [3.05, 3.63) is 64.2 Å². The van der Waals surface area contributed by atoms with Gasteiger partial charge in [0.15, 0.2) is 0 Å². The Bertz CT molecular complexity index is 977. The molecule has 2 aromatic rings. The SMILES string of the molecule is CC(C)C(NC(=O)CCNc1ccc(S(N)(=O)=O)cc1[N+](=O)[O-])c1ccccc1. The van der Waals surface area contributed by atoms with Gasteiger partial charge in [-0.1, -0.05) is 44.2 Å². The van der Waals surface area contributed by atoms with Crippen LogP contribution in [0.25, 0.3) is 0 Å². The Balaban J connectivity index is 2.02. The van der Waals surface area contributed by atoms with Crippen molar-refractivity contribution in [3.63, 3.8) is 0 Å². The van der Waals surface area contributed by atoms with Gasteiger partial charge < -0.3 is 10.6 Å². The van der Waals surface area contributed by atoms with Crippen molar-refractivity contribution in [2.45, 2.75) is 31.2 Å². The summed E-state index contributed by atoms with van der Waals surface area (Å²) in [6.45, 7) is 4.15. The number of nitrogens with zero attached hydrogens (tertiary/aromatic N) is 1. The molecule has 2 rings (SSSR count). The van der Waals surface area contributed by atoms with Crippen molar-refractivity contribution in [2.75, 3.05) is 11.9 Å². The van der Waals surface area contributed by atoms with E-state index in [9.17, 15) is 23.3 Å². The minimum atomic E-state index is -4.05. The van der Waals surface area contributed by atoms with E-state index in [0.717, 1.165) is 11.6 Å². The highest BCUT2D eigenvalue weighted by atomic mass is 32.2. The van der Waals surface area contributed by atoms with Crippen LogP contribution in [0.15, 0.2) is 53.4 Å². The zero-order chi connectivity index (χ0) is 21.6. The molecular formula is C19H24N4O5S. The Kier molecular flexibility index (Phi) is 7.29. The largest absolute Gasteiger partial charge is 0.379 e. The number of amides is 1. The number of carbonyl (C=O) groups excluding carboxylic acids is 1. The van der Waals surface area contributed by atoms with E-state index in [2.05, 4.69) is 10.6 Å². The van der Waals surface area contributed by atoms with Crippen LogP contribution in [-0.4, -0.2) is 25.8 Å². The smallest absolute Gasteiger partial charge is 0.293 e. The molecule has 0 heterocycles. The number of anilines is 1. The fraction of sp³-hybridized carbons (Fsp3) is 0.316. The molecule has 2 aromatic carbocycles. The van der Waals surface area contributed by atoms with Gasteiger partial charge in [0.2, 0.25) is 15.9 Å². The Morgan fingerprint density at radius 3 is 2.38 bits per heavy atom. The second-order valence-corrected chi connectivity index (χ2v) is 8.42. The highest BCUT2D eigenvalue weighted by molar-refractivity contribution is 7.89. The fourth-order valence-electron chi connectivity index (χ4n) is 2.84. The highest BCUT2D eigenvalue weighted by Gasteiger charge is 2.20. The zero-order valence-corrected chi connectivity index (χ0v) is 17.0. The fourth-order valence-corrected chi connectivity index (χ4v) is 3.37. The van der Waals surface area contributed by atoms with Gasteiger partial charge in [0, 0.05) is 19.0 Å². The van der Waals surface area contributed by atoms with Gasteiger partial charge in [0.05, 0.1) is 15.9 Å². The first-order chi connectivity index (χ1) is 13.6. The molecule has 0 aliphatic heterocycles. The van der Waals surface area contributed by atoms with Crippen molar-refractivity contribution in [2.24, 2.45) is 11.1 Å². The van der Waals surface area contributed by atoms with Crippen molar-refractivity contribution in [1.82, 2.24) is 5.32 Å². The second-order valence-electron chi connectivity index (χ2n) is 6.86. The summed E-state index contributed by atoms with van der Waals surface area (Å²) in [5, 5.41) is 22.0. The molecule has 4 N–H and O–H groups in total. The molecule has 0 bridgehead atoms. The Labute approximate surface area is 169 Å². The third-order valence-corrected chi connectivity index (χ3v) is 5.21. The Hall–Kier alpha value is -2.98. The van der Waals surface area contributed by atoms with E-state index in [1.54, 1.807) is 0 Å². The van der Waals surface area contributed by atoms with E-state index in [-0.39, 0.29) is 41.4 Å². The van der Waals surface area contributed by atoms with E-state index in [1.165, 1.54) is 12.1 Å². The number of carbonyl (C=O) groups is 1. The lowest BCUT2D eigenvalue weighted by Crippen LogP contribution is -2.32. The lowest BCUT2D eigenvalue weighted by molar-refractivity contribution is -0.384. The lowest BCUT2D eigenvalue weighted by atomic mass is 9.96. The van der Waals surface area contributed by atoms with E-state index >= 15 is 0 Å². The molecule has 0 fully saturated rings. The lowest BCUT2D eigenvalue weighted by Gasteiger charge is -2.23. The number of nitrogens with one attached hydrogen (secondary N) is 2. The molecular weight excluding hydrogens is 396 g/mol. The molecule has 0 saturated heterocycles. The Morgan fingerprint density at radius 2 is 1.83 bits per heavy atom. The van der Waals surface area contributed by atoms with Crippen molar-refractivity contribution < 1.29 is 18.1 Å². The van der Waals surface area contributed by atoms with Crippen LogP contribution in [0.1, 0.15) is 31.9 Å². The number of nitrogens with two attached hydrogens (primary N) is 1. The van der Waals surface area contributed by atoms with E-state index in [4.69, 9.17) is 5.14 Å². The third kappa shape index (κ3) is 6.26. The molecule has 0 aromatic heterocycles. The van der Waals surface area contributed by atoms with Gasteiger partial charge in [-0.15, -0.1) is 0 Å². The summed E-state index contributed by atoms with van der Waals surface area (Å²) in [5.74, 6) is -0.0231. The van der Waals surface area contributed by atoms with Crippen molar-refractivity contribution in [3.8, 4) is 0 Å². The first-order valence-corrected chi connectivity index (χ1v) is 10.5. The van der Waals surface area contributed by atoms with Crippen LogP contribution < -0.4 is 15.8 Å². The van der Waals surface area contributed by atoms with Gasteiger partial charge >= 0.3 is 0 Å². The first-order valence-electron chi connectivity index (χ1n) is 8.99. The van der Waals surface area contributed by atoms with Crippen LogP contribution in [-0.2, 0) is 14.8 Å². The van der Waals surface area contributed by atoms with Gasteiger partial charge in [0.1, 0.15) is 5.69 Å². The van der Waals surface area contributed by atoms with Gasteiger partial charge in [-0.3, -0.25) is 14.9 Å². The summed E-state index contributed by atoms with van der Waals surface area (Å²) in [4.78, 5) is 22.5. The maximum Gasteiger partial charge on any atom is 0.293 e. The molecule has 0 spiro atoms. The van der Waals surface area contributed by atoms with Gasteiger partial charge in [-0.25, -0.2) is 13.6 Å². The van der Waals surface area contributed by atoms with Crippen LogP contribution >= 0.6 is 0 Å². The highest BCUT2D eigenvalue weighted by Crippen LogP contribution is 2.27. The summed E-state index contributed by atoms with van der Waals surface area (Å²) in [6.07, 6.45) is 0.0874. The number of hydrogen-bond acceptors (Lipinski definition) is 6. The van der Waals surface area contributed by atoms with Crippen LogP contribution in [0.3, 0.4) is 0 Å². The normalized spacial score (nSPS) is 12.4. The minimum absolute atomic E-state index is 0.0874. The first kappa shape index (κ1) is 22.3. The topological polar surface area (TPSA) is 144 Å². The van der Waals surface area contributed by atoms with Crippen LogP contribution in [0.2, 0.25) is 0 Å². The summed E-state index contributed by atoms with van der Waals surface area (Å²) >= 11 is 0. The van der Waals surface area contributed by atoms with Gasteiger partial charge in [-0.2, -0.15) is 0 Å². The van der Waals surface area contributed by atoms with Crippen LogP contribution in [0.5, 0.6) is 0 Å². The molecule has 9 nitrogen and oxygen atoms in total. The third-order valence-electron chi connectivity index (χ3n) is 4.30. The number of nitro groups is 1. The second kappa shape index (κ2) is 9.48. The van der Waals surface area contributed by atoms with Gasteiger partial charge in [0.25, 0.3) is 5.69 Å². The monoisotopic (exact) mass is 420 g/mol. The average molecular weight is 420 g/mol.